The number of carbonyl (C=O) groups excluding carboxylic acids is 1. The molecule has 0 saturated carbocycles. The van der Waals surface area contributed by atoms with Gasteiger partial charge in [-0.1, -0.05) is 6.07 Å². The van der Waals surface area contributed by atoms with E-state index < -0.39 is 0 Å². The molecule has 126 valence electrons. The molecule has 1 fully saturated rings. The Bertz CT molecular complexity index is 564. The molecular weight excluding hydrogens is 296 g/mol. The van der Waals surface area contributed by atoms with E-state index in [1.54, 1.807) is 14.2 Å². The van der Waals surface area contributed by atoms with Crippen molar-refractivity contribution in [3.8, 4) is 5.75 Å². The largest absolute Gasteiger partial charge is 0.497 e. The standard InChI is InChI=1S/C17H24N2O4/c1-21-7-5-18-17(20)14-9-12-3-4-13(22-2)10-15(12)19-6-8-23-11-16(14)19/h3-4,10,14,16H,5-9,11H2,1-2H3,(H,18,20). The van der Waals surface area contributed by atoms with Crippen LogP contribution in [-0.2, 0) is 20.7 Å². The van der Waals surface area contributed by atoms with Crippen molar-refractivity contribution in [2.24, 2.45) is 5.92 Å². The number of hydrogen-bond acceptors (Lipinski definition) is 5. The molecule has 0 aromatic heterocycles. The molecule has 23 heavy (non-hydrogen) atoms. The highest BCUT2D eigenvalue weighted by Crippen LogP contribution is 2.37. The summed E-state index contributed by atoms with van der Waals surface area (Å²) in [4.78, 5) is 14.9. The number of nitrogens with zero attached hydrogens (tertiary/aromatic N) is 1. The topological polar surface area (TPSA) is 60.0 Å². The summed E-state index contributed by atoms with van der Waals surface area (Å²) in [6.45, 7) is 3.13. The van der Waals surface area contributed by atoms with E-state index in [9.17, 15) is 4.79 Å². The lowest BCUT2D eigenvalue weighted by Gasteiger charge is -2.45. The zero-order valence-corrected chi connectivity index (χ0v) is 13.7. The van der Waals surface area contributed by atoms with Gasteiger partial charge in [0.05, 0.1) is 38.9 Å². The summed E-state index contributed by atoms with van der Waals surface area (Å²) in [5, 5.41) is 2.97. The Labute approximate surface area is 136 Å². The first-order valence-corrected chi connectivity index (χ1v) is 8.02. The van der Waals surface area contributed by atoms with Crippen molar-refractivity contribution in [2.75, 3.05) is 52.0 Å². The van der Waals surface area contributed by atoms with Crippen LogP contribution in [0.3, 0.4) is 0 Å². The van der Waals surface area contributed by atoms with E-state index in [0.717, 1.165) is 18.7 Å². The third-order valence-corrected chi connectivity index (χ3v) is 4.61. The van der Waals surface area contributed by atoms with Crippen LogP contribution >= 0.6 is 0 Å². The van der Waals surface area contributed by atoms with Gasteiger partial charge in [-0.2, -0.15) is 0 Å². The summed E-state index contributed by atoms with van der Waals surface area (Å²) in [5.74, 6) is 0.814. The zero-order chi connectivity index (χ0) is 16.2. The van der Waals surface area contributed by atoms with Gasteiger partial charge >= 0.3 is 0 Å². The van der Waals surface area contributed by atoms with Gasteiger partial charge in [-0.15, -0.1) is 0 Å². The normalized spacial score (nSPS) is 23.0. The first-order chi connectivity index (χ1) is 11.2. The second-order valence-corrected chi connectivity index (χ2v) is 5.92. The van der Waals surface area contributed by atoms with E-state index >= 15 is 0 Å². The van der Waals surface area contributed by atoms with Gasteiger partial charge in [-0.05, 0) is 18.1 Å². The summed E-state index contributed by atoms with van der Waals surface area (Å²) < 4.78 is 16.0. The Morgan fingerprint density at radius 3 is 3.09 bits per heavy atom. The summed E-state index contributed by atoms with van der Waals surface area (Å²) in [7, 11) is 3.31. The maximum absolute atomic E-state index is 12.6. The van der Waals surface area contributed by atoms with Crippen LogP contribution in [0.15, 0.2) is 18.2 Å². The number of carbonyl (C=O) groups is 1. The highest BCUT2D eigenvalue weighted by Gasteiger charge is 2.40. The number of amides is 1. The lowest BCUT2D eigenvalue weighted by atomic mass is 9.84. The van der Waals surface area contributed by atoms with Crippen molar-refractivity contribution in [1.82, 2.24) is 5.32 Å². The molecule has 0 spiro atoms. The van der Waals surface area contributed by atoms with Crippen molar-refractivity contribution in [1.29, 1.82) is 0 Å². The summed E-state index contributed by atoms with van der Waals surface area (Å²) in [6.07, 6.45) is 0.725. The Morgan fingerprint density at radius 1 is 1.43 bits per heavy atom. The molecule has 1 amide bonds. The molecule has 0 bridgehead atoms. The van der Waals surface area contributed by atoms with E-state index in [4.69, 9.17) is 14.2 Å². The van der Waals surface area contributed by atoms with Crippen LogP contribution in [0.2, 0.25) is 0 Å². The minimum Gasteiger partial charge on any atom is -0.497 e. The number of morpholine rings is 1. The highest BCUT2D eigenvalue weighted by atomic mass is 16.5. The molecule has 3 rings (SSSR count). The maximum atomic E-state index is 12.6. The minimum absolute atomic E-state index is 0.0732. The van der Waals surface area contributed by atoms with Crippen molar-refractivity contribution in [3.63, 3.8) is 0 Å². The fourth-order valence-corrected chi connectivity index (χ4v) is 3.41. The van der Waals surface area contributed by atoms with E-state index in [1.807, 2.05) is 6.07 Å². The van der Waals surface area contributed by atoms with Crippen LogP contribution in [0.5, 0.6) is 5.75 Å². The SMILES string of the molecule is COCCNC(=O)C1Cc2ccc(OC)cc2N2CCOCC12. The molecule has 6 heteroatoms. The number of fused-ring (bicyclic) bond motifs is 3. The van der Waals surface area contributed by atoms with Crippen molar-refractivity contribution < 1.29 is 19.0 Å². The van der Waals surface area contributed by atoms with Gasteiger partial charge in [0, 0.05) is 32.0 Å². The van der Waals surface area contributed by atoms with Gasteiger partial charge in [0.15, 0.2) is 0 Å². The van der Waals surface area contributed by atoms with Crippen LogP contribution in [0.4, 0.5) is 5.69 Å². The number of methoxy groups -OCH3 is 2. The summed E-state index contributed by atoms with van der Waals surface area (Å²) >= 11 is 0. The number of nitrogens with one attached hydrogen (secondary N) is 1. The molecule has 1 aromatic rings. The third-order valence-electron chi connectivity index (χ3n) is 4.61. The molecule has 2 aliphatic heterocycles. The maximum Gasteiger partial charge on any atom is 0.225 e. The second kappa shape index (κ2) is 7.19. The summed E-state index contributed by atoms with van der Waals surface area (Å²) in [5.41, 5.74) is 2.36. The average Bonchev–Trinajstić information content (AvgIpc) is 2.60. The number of rotatable bonds is 5. The van der Waals surface area contributed by atoms with Crippen LogP contribution in [0.25, 0.3) is 0 Å². The number of anilines is 1. The first-order valence-electron chi connectivity index (χ1n) is 8.02. The van der Waals surface area contributed by atoms with Crippen LogP contribution in [0, 0.1) is 5.92 Å². The smallest absolute Gasteiger partial charge is 0.225 e. The van der Waals surface area contributed by atoms with Crippen LogP contribution < -0.4 is 15.0 Å². The lowest BCUT2D eigenvalue weighted by molar-refractivity contribution is -0.127. The van der Waals surface area contributed by atoms with Crippen molar-refractivity contribution in [2.45, 2.75) is 12.5 Å². The van der Waals surface area contributed by atoms with Crippen molar-refractivity contribution in [3.05, 3.63) is 23.8 Å². The molecule has 2 aliphatic rings. The van der Waals surface area contributed by atoms with Gasteiger partial charge in [-0.3, -0.25) is 4.79 Å². The van der Waals surface area contributed by atoms with Gasteiger partial charge in [0.2, 0.25) is 5.91 Å². The van der Waals surface area contributed by atoms with E-state index in [2.05, 4.69) is 22.3 Å². The molecule has 2 atom stereocenters. The van der Waals surface area contributed by atoms with E-state index in [1.165, 1.54) is 11.3 Å². The average molecular weight is 320 g/mol. The molecule has 2 heterocycles. The quantitative estimate of drug-likeness (QED) is 0.815. The molecule has 6 nitrogen and oxygen atoms in total. The minimum atomic E-state index is -0.104. The number of benzene rings is 1. The van der Waals surface area contributed by atoms with Gasteiger partial charge in [-0.25, -0.2) is 0 Å². The third kappa shape index (κ3) is 3.28. The Morgan fingerprint density at radius 2 is 2.30 bits per heavy atom. The number of hydrogen-bond donors (Lipinski definition) is 1. The van der Waals surface area contributed by atoms with E-state index in [0.29, 0.717) is 26.4 Å². The molecule has 0 radical (unpaired) electrons. The fourth-order valence-electron chi connectivity index (χ4n) is 3.41. The molecule has 1 saturated heterocycles. The van der Waals surface area contributed by atoms with Gasteiger partial charge < -0.3 is 24.4 Å². The zero-order valence-electron chi connectivity index (χ0n) is 13.7. The van der Waals surface area contributed by atoms with E-state index in [-0.39, 0.29) is 17.9 Å². The molecular formula is C17H24N2O4. The molecule has 1 aromatic carbocycles. The molecule has 0 aliphatic carbocycles. The van der Waals surface area contributed by atoms with Crippen LogP contribution in [-0.4, -0.2) is 59.1 Å². The second-order valence-electron chi connectivity index (χ2n) is 5.92. The molecule has 2 unspecified atom stereocenters. The Balaban J connectivity index is 1.83. The predicted molar refractivity (Wildman–Crippen MR) is 87.0 cm³/mol. The summed E-state index contributed by atoms with van der Waals surface area (Å²) in [6, 6.07) is 6.16. The molecule has 1 N–H and O–H groups in total. The predicted octanol–water partition coefficient (Wildman–Crippen LogP) is 0.835. The Hall–Kier alpha value is -1.79. The first kappa shape index (κ1) is 16.1. The van der Waals surface area contributed by atoms with Gasteiger partial charge in [0.25, 0.3) is 0 Å². The monoisotopic (exact) mass is 320 g/mol. The lowest BCUT2D eigenvalue weighted by Crippen LogP contribution is -2.56. The fraction of sp³-hybridized carbons (Fsp3) is 0.588. The number of ether oxygens (including phenoxy) is 3. The van der Waals surface area contributed by atoms with Crippen LogP contribution in [0.1, 0.15) is 5.56 Å². The van der Waals surface area contributed by atoms with Crippen molar-refractivity contribution >= 4 is 11.6 Å². The van der Waals surface area contributed by atoms with Gasteiger partial charge in [0.1, 0.15) is 5.75 Å². The highest BCUT2D eigenvalue weighted by molar-refractivity contribution is 5.82. The Kier molecular flexibility index (Phi) is 5.03.